The van der Waals surface area contributed by atoms with Crippen LogP contribution in [0.1, 0.15) is 34.0 Å². The van der Waals surface area contributed by atoms with E-state index in [1.807, 2.05) is 12.1 Å². The van der Waals surface area contributed by atoms with Crippen LogP contribution in [0, 0.1) is 6.92 Å². The minimum Gasteiger partial charge on any atom is -0.508 e. The van der Waals surface area contributed by atoms with Gasteiger partial charge in [-0.1, -0.05) is 24.6 Å². The van der Waals surface area contributed by atoms with E-state index in [1.54, 1.807) is 12.1 Å². The van der Waals surface area contributed by atoms with E-state index in [0.717, 1.165) is 23.3 Å². The maximum Gasteiger partial charge on any atom is 0.150 e. The van der Waals surface area contributed by atoms with Gasteiger partial charge >= 0.3 is 0 Å². The van der Waals surface area contributed by atoms with Crippen LogP contribution in [-0.2, 0) is 13.0 Å². The molecule has 3 nitrogen and oxygen atoms in total. The Kier molecular flexibility index (Phi) is 4.41. The number of aldehydes is 1. The molecule has 0 bridgehead atoms. The number of aryl methyl sites for hydroxylation is 2. The molecule has 0 aromatic heterocycles. The Bertz CT molecular complexity index is 618. The van der Waals surface area contributed by atoms with Crippen LogP contribution in [-0.4, -0.2) is 11.4 Å². The Morgan fingerprint density at radius 3 is 2.70 bits per heavy atom. The second-order valence-corrected chi connectivity index (χ2v) is 4.80. The van der Waals surface area contributed by atoms with Gasteiger partial charge in [0.2, 0.25) is 0 Å². The third-order valence-corrected chi connectivity index (χ3v) is 3.13. The number of hydrogen-bond acceptors (Lipinski definition) is 3. The van der Waals surface area contributed by atoms with Crippen molar-refractivity contribution in [3.05, 3.63) is 58.7 Å². The highest BCUT2D eigenvalue weighted by Crippen LogP contribution is 2.23. The first-order chi connectivity index (χ1) is 9.62. The lowest BCUT2D eigenvalue weighted by atomic mass is 10.1. The van der Waals surface area contributed by atoms with E-state index in [-0.39, 0.29) is 5.75 Å². The molecule has 0 saturated carbocycles. The van der Waals surface area contributed by atoms with Crippen molar-refractivity contribution in [3.63, 3.8) is 0 Å². The van der Waals surface area contributed by atoms with Crippen LogP contribution in [0.3, 0.4) is 0 Å². The maximum absolute atomic E-state index is 10.8. The number of ether oxygens (including phenoxy) is 1. The fraction of sp³-hybridized carbons (Fsp3) is 0.235. The molecule has 1 N–H and O–H groups in total. The lowest BCUT2D eigenvalue weighted by Crippen LogP contribution is -1.99. The van der Waals surface area contributed by atoms with Crippen LogP contribution in [0.5, 0.6) is 11.5 Å². The Morgan fingerprint density at radius 1 is 1.20 bits per heavy atom. The highest BCUT2D eigenvalue weighted by atomic mass is 16.5. The minimum atomic E-state index is 0.0767. The third-order valence-electron chi connectivity index (χ3n) is 3.13. The molecular formula is C17H18O3. The van der Waals surface area contributed by atoms with Crippen molar-refractivity contribution in [3.8, 4) is 11.5 Å². The highest BCUT2D eigenvalue weighted by Gasteiger charge is 2.05. The van der Waals surface area contributed by atoms with Gasteiger partial charge < -0.3 is 9.84 Å². The zero-order valence-corrected chi connectivity index (χ0v) is 11.7. The molecule has 0 amide bonds. The molecule has 0 saturated heterocycles. The second kappa shape index (κ2) is 6.24. The van der Waals surface area contributed by atoms with Crippen molar-refractivity contribution in [2.75, 3.05) is 0 Å². The number of hydrogen-bond donors (Lipinski definition) is 1. The van der Waals surface area contributed by atoms with Crippen molar-refractivity contribution in [1.82, 2.24) is 0 Å². The summed E-state index contributed by atoms with van der Waals surface area (Å²) in [6, 6.07) is 10.8. The van der Waals surface area contributed by atoms with Gasteiger partial charge in [-0.2, -0.15) is 0 Å². The summed E-state index contributed by atoms with van der Waals surface area (Å²) in [5, 5.41) is 9.54. The quantitative estimate of drug-likeness (QED) is 0.843. The zero-order valence-electron chi connectivity index (χ0n) is 11.7. The van der Waals surface area contributed by atoms with Gasteiger partial charge in [-0.15, -0.1) is 0 Å². The predicted octanol–water partition coefficient (Wildman–Crippen LogP) is 3.65. The summed E-state index contributed by atoms with van der Waals surface area (Å²) >= 11 is 0. The lowest BCUT2D eigenvalue weighted by molar-refractivity contribution is 0.112. The first kappa shape index (κ1) is 14.1. The van der Waals surface area contributed by atoms with E-state index in [9.17, 15) is 9.90 Å². The first-order valence-electron chi connectivity index (χ1n) is 6.63. The van der Waals surface area contributed by atoms with Crippen LogP contribution in [0.25, 0.3) is 0 Å². The summed E-state index contributed by atoms with van der Waals surface area (Å²) in [7, 11) is 0. The molecule has 0 aliphatic carbocycles. The number of carbonyl (C=O) groups excluding carboxylic acids is 1. The standard InChI is InChI=1S/C17H18O3/c1-3-15-6-12(2)4-5-17(15)20-11-14-7-13(10-18)8-16(19)9-14/h4-10,19H,3,11H2,1-2H3. The molecule has 2 rings (SSSR count). The van der Waals surface area contributed by atoms with Gasteiger partial charge in [-0.25, -0.2) is 0 Å². The maximum atomic E-state index is 10.8. The molecule has 0 aliphatic heterocycles. The number of benzene rings is 2. The van der Waals surface area contributed by atoms with Crippen molar-refractivity contribution < 1.29 is 14.6 Å². The third kappa shape index (κ3) is 3.38. The van der Waals surface area contributed by atoms with Crippen LogP contribution in [0.2, 0.25) is 0 Å². The lowest BCUT2D eigenvalue weighted by Gasteiger charge is -2.12. The summed E-state index contributed by atoms with van der Waals surface area (Å²) < 4.78 is 5.80. The average Bonchev–Trinajstić information content (AvgIpc) is 2.45. The zero-order chi connectivity index (χ0) is 14.5. The highest BCUT2D eigenvalue weighted by molar-refractivity contribution is 5.75. The first-order valence-corrected chi connectivity index (χ1v) is 6.63. The molecule has 0 fully saturated rings. The number of carbonyl (C=O) groups is 1. The fourth-order valence-corrected chi connectivity index (χ4v) is 2.14. The molecule has 20 heavy (non-hydrogen) atoms. The van der Waals surface area contributed by atoms with Crippen molar-refractivity contribution in [2.24, 2.45) is 0 Å². The number of phenolic OH excluding ortho intramolecular Hbond substituents is 1. The van der Waals surface area contributed by atoms with E-state index in [2.05, 4.69) is 19.9 Å². The Balaban J connectivity index is 2.16. The van der Waals surface area contributed by atoms with E-state index >= 15 is 0 Å². The number of aromatic hydroxyl groups is 1. The summed E-state index contributed by atoms with van der Waals surface area (Å²) in [6.07, 6.45) is 1.61. The molecule has 0 spiro atoms. The van der Waals surface area contributed by atoms with Crippen LogP contribution >= 0.6 is 0 Å². The second-order valence-electron chi connectivity index (χ2n) is 4.80. The molecule has 0 atom stereocenters. The van der Waals surface area contributed by atoms with Gasteiger partial charge in [0.05, 0.1) is 0 Å². The van der Waals surface area contributed by atoms with Crippen molar-refractivity contribution >= 4 is 6.29 Å². The summed E-state index contributed by atoms with van der Waals surface area (Å²) in [4.78, 5) is 10.8. The van der Waals surface area contributed by atoms with Gasteiger partial charge in [0.15, 0.2) is 0 Å². The van der Waals surface area contributed by atoms with Gasteiger partial charge in [0.25, 0.3) is 0 Å². The van der Waals surface area contributed by atoms with Gasteiger partial charge in [-0.3, -0.25) is 4.79 Å². The van der Waals surface area contributed by atoms with Gasteiger partial charge in [0.1, 0.15) is 24.4 Å². The summed E-state index contributed by atoms with van der Waals surface area (Å²) in [5.41, 5.74) is 3.58. The van der Waals surface area contributed by atoms with Gasteiger partial charge in [-0.05, 0) is 48.7 Å². The van der Waals surface area contributed by atoms with Crippen LogP contribution in [0.15, 0.2) is 36.4 Å². The SMILES string of the molecule is CCc1cc(C)ccc1OCc1cc(O)cc(C=O)c1. The topological polar surface area (TPSA) is 46.5 Å². The molecular weight excluding hydrogens is 252 g/mol. The molecule has 2 aromatic rings. The predicted molar refractivity (Wildman–Crippen MR) is 78.4 cm³/mol. The van der Waals surface area contributed by atoms with E-state index in [0.29, 0.717) is 18.5 Å². The van der Waals surface area contributed by atoms with E-state index in [4.69, 9.17) is 4.74 Å². The van der Waals surface area contributed by atoms with E-state index < -0.39 is 0 Å². The van der Waals surface area contributed by atoms with E-state index in [1.165, 1.54) is 11.6 Å². The molecule has 0 heterocycles. The van der Waals surface area contributed by atoms with Gasteiger partial charge in [0, 0.05) is 5.56 Å². The minimum absolute atomic E-state index is 0.0767. The molecule has 3 heteroatoms. The molecule has 2 aromatic carbocycles. The normalized spacial score (nSPS) is 10.3. The average molecular weight is 270 g/mol. The summed E-state index contributed by atoms with van der Waals surface area (Å²) in [5.74, 6) is 0.918. The fourth-order valence-electron chi connectivity index (χ4n) is 2.14. The van der Waals surface area contributed by atoms with Crippen LogP contribution < -0.4 is 4.74 Å². The Morgan fingerprint density at radius 2 is 2.00 bits per heavy atom. The number of phenols is 1. The van der Waals surface area contributed by atoms with Crippen molar-refractivity contribution in [1.29, 1.82) is 0 Å². The Hall–Kier alpha value is -2.29. The monoisotopic (exact) mass is 270 g/mol. The van der Waals surface area contributed by atoms with Crippen LogP contribution in [0.4, 0.5) is 0 Å². The molecule has 104 valence electrons. The Labute approximate surface area is 118 Å². The van der Waals surface area contributed by atoms with Crippen molar-refractivity contribution in [2.45, 2.75) is 26.9 Å². The largest absolute Gasteiger partial charge is 0.508 e. The number of rotatable bonds is 5. The molecule has 0 radical (unpaired) electrons. The summed E-state index contributed by atoms with van der Waals surface area (Å²) in [6.45, 7) is 4.46. The molecule has 0 aliphatic rings. The molecule has 0 unspecified atom stereocenters. The smallest absolute Gasteiger partial charge is 0.150 e.